The molecule has 0 saturated carbocycles. The fraction of sp³-hybridized carbons (Fsp3) is 0.241. The molecule has 2 amide bonds. The van der Waals surface area contributed by atoms with Gasteiger partial charge in [0.25, 0.3) is 5.91 Å². The predicted molar refractivity (Wildman–Crippen MR) is 139 cm³/mol. The Kier molecular flexibility index (Phi) is 9.04. The Labute approximate surface area is 215 Å². The molecular formula is C29H30N2O6. The number of fused-ring (bicyclic) bond motifs is 1. The SMILES string of the molecule is COCOC[C@H](C[C@@H](Cc1ccccc1)C(=O)NO)NC(=O)c1ccc(-c2cc3ccccc3o2)cc1. The van der Waals surface area contributed by atoms with Crippen molar-refractivity contribution in [2.45, 2.75) is 18.9 Å². The molecule has 37 heavy (non-hydrogen) atoms. The standard InChI is InChI=1S/C29H30N2O6/c1-35-19-36-18-25(16-24(29(33)31-34)15-20-7-3-2-4-8-20)30-28(32)22-13-11-21(12-14-22)27-17-23-9-5-6-10-26(23)37-27/h2-14,17,24-25,34H,15-16,18-19H2,1H3,(H,30,32)(H,31,33)/t24-,25+/m1/s1. The first-order valence-corrected chi connectivity index (χ1v) is 12.0. The number of carbonyl (C=O) groups is 2. The van der Waals surface area contributed by atoms with Gasteiger partial charge in [0, 0.05) is 29.5 Å². The van der Waals surface area contributed by atoms with Gasteiger partial charge < -0.3 is 19.2 Å². The summed E-state index contributed by atoms with van der Waals surface area (Å²) in [6.07, 6.45) is 0.657. The molecule has 0 radical (unpaired) electrons. The number of carbonyl (C=O) groups excluding carboxylic acids is 2. The van der Waals surface area contributed by atoms with Crippen LogP contribution in [0.4, 0.5) is 0 Å². The Morgan fingerprint density at radius 3 is 2.41 bits per heavy atom. The van der Waals surface area contributed by atoms with Gasteiger partial charge in [-0.2, -0.15) is 0 Å². The molecule has 4 aromatic rings. The molecule has 0 fully saturated rings. The molecule has 8 nitrogen and oxygen atoms in total. The zero-order chi connectivity index (χ0) is 26.0. The van der Waals surface area contributed by atoms with E-state index in [9.17, 15) is 14.8 Å². The lowest BCUT2D eigenvalue weighted by molar-refractivity contribution is -0.134. The number of hydrogen-bond acceptors (Lipinski definition) is 6. The van der Waals surface area contributed by atoms with Gasteiger partial charge in [0.1, 0.15) is 18.1 Å². The fourth-order valence-electron chi connectivity index (χ4n) is 4.24. The quantitative estimate of drug-likeness (QED) is 0.113. The van der Waals surface area contributed by atoms with Crippen molar-refractivity contribution in [1.29, 1.82) is 0 Å². The lowest BCUT2D eigenvalue weighted by Crippen LogP contribution is -2.42. The van der Waals surface area contributed by atoms with Crippen LogP contribution < -0.4 is 10.8 Å². The fourth-order valence-corrected chi connectivity index (χ4v) is 4.24. The Morgan fingerprint density at radius 2 is 1.70 bits per heavy atom. The molecule has 192 valence electrons. The summed E-state index contributed by atoms with van der Waals surface area (Å²) in [5.41, 5.74) is 4.81. The van der Waals surface area contributed by atoms with Crippen LogP contribution >= 0.6 is 0 Å². The topological polar surface area (TPSA) is 110 Å². The highest BCUT2D eigenvalue weighted by molar-refractivity contribution is 5.95. The predicted octanol–water partition coefficient (Wildman–Crippen LogP) is 4.57. The number of nitrogens with one attached hydrogen (secondary N) is 2. The van der Waals surface area contributed by atoms with E-state index in [0.29, 0.717) is 12.0 Å². The lowest BCUT2D eigenvalue weighted by atomic mass is 9.92. The van der Waals surface area contributed by atoms with E-state index in [1.165, 1.54) is 7.11 Å². The molecule has 0 saturated heterocycles. The number of ether oxygens (including phenoxy) is 2. The van der Waals surface area contributed by atoms with Crippen molar-refractivity contribution in [2.24, 2.45) is 5.92 Å². The van der Waals surface area contributed by atoms with Crippen LogP contribution in [0.15, 0.2) is 89.3 Å². The molecule has 4 rings (SSSR count). The van der Waals surface area contributed by atoms with E-state index in [2.05, 4.69) is 5.32 Å². The summed E-state index contributed by atoms with van der Waals surface area (Å²) in [4.78, 5) is 25.5. The van der Waals surface area contributed by atoms with E-state index < -0.39 is 17.9 Å². The van der Waals surface area contributed by atoms with E-state index in [1.54, 1.807) is 17.6 Å². The molecule has 0 aliphatic rings. The van der Waals surface area contributed by atoms with E-state index in [0.717, 1.165) is 27.9 Å². The van der Waals surface area contributed by atoms with Gasteiger partial charge in [0.2, 0.25) is 5.91 Å². The molecule has 3 aromatic carbocycles. The molecule has 0 unspecified atom stereocenters. The third-order valence-corrected chi connectivity index (χ3v) is 6.09. The van der Waals surface area contributed by atoms with Crippen molar-refractivity contribution >= 4 is 22.8 Å². The number of hydroxylamine groups is 1. The summed E-state index contributed by atoms with van der Waals surface area (Å²) in [5.74, 6) is -0.688. The van der Waals surface area contributed by atoms with E-state index >= 15 is 0 Å². The van der Waals surface area contributed by atoms with Crippen molar-refractivity contribution < 1.29 is 28.7 Å². The van der Waals surface area contributed by atoms with Crippen LogP contribution in [0.25, 0.3) is 22.3 Å². The van der Waals surface area contributed by atoms with E-state index in [4.69, 9.17) is 13.9 Å². The van der Waals surface area contributed by atoms with Crippen molar-refractivity contribution in [1.82, 2.24) is 10.8 Å². The molecule has 1 aromatic heterocycles. The first-order valence-electron chi connectivity index (χ1n) is 12.0. The Balaban J connectivity index is 1.46. The molecular weight excluding hydrogens is 472 g/mol. The molecule has 8 heteroatoms. The zero-order valence-electron chi connectivity index (χ0n) is 20.6. The van der Waals surface area contributed by atoms with E-state index in [1.807, 2.05) is 72.8 Å². The van der Waals surface area contributed by atoms with Crippen molar-refractivity contribution in [3.63, 3.8) is 0 Å². The number of benzene rings is 3. The van der Waals surface area contributed by atoms with Crippen molar-refractivity contribution in [3.05, 3.63) is 96.1 Å². The second kappa shape index (κ2) is 12.8. The lowest BCUT2D eigenvalue weighted by Gasteiger charge is -2.23. The van der Waals surface area contributed by atoms with Crippen LogP contribution in [0.1, 0.15) is 22.3 Å². The second-order valence-electron chi connectivity index (χ2n) is 8.77. The van der Waals surface area contributed by atoms with Gasteiger partial charge in [0.05, 0.1) is 12.6 Å². The molecule has 2 atom stereocenters. The van der Waals surface area contributed by atoms with Crippen LogP contribution in [-0.4, -0.2) is 43.6 Å². The van der Waals surface area contributed by atoms with Crippen LogP contribution in [0.5, 0.6) is 0 Å². The molecule has 0 aliphatic heterocycles. The number of hydrogen-bond donors (Lipinski definition) is 3. The third kappa shape index (κ3) is 7.04. The van der Waals surface area contributed by atoms with Gasteiger partial charge >= 0.3 is 0 Å². The highest BCUT2D eigenvalue weighted by atomic mass is 16.7. The van der Waals surface area contributed by atoms with Gasteiger partial charge in [-0.25, -0.2) is 5.48 Å². The number of para-hydroxylation sites is 1. The van der Waals surface area contributed by atoms with Gasteiger partial charge in [0.15, 0.2) is 0 Å². The molecule has 1 heterocycles. The number of amides is 2. The molecule has 0 bridgehead atoms. The minimum atomic E-state index is -0.584. The summed E-state index contributed by atoms with van der Waals surface area (Å²) >= 11 is 0. The Morgan fingerprint density at radius 1 is 0.973 bits per heavy atom. The minimum Gasteiger partial charge on any atom is -0.456 e. The van der Waals surface area contributed by atoms with Crippen LogP contribution in [0.3, 0.4) is 0 Å². The van der Waals surface area contributed by atoms with Gasteiger partial charge in [-0.05, 0) is 42.7 Å². The zero-order valence-corrected chi connectivity index (χ0v) is 20.6. The van der Waals surface area contributed by atoms with Gasteiger partial charge in [-0.3, -0.25) is 14.8 Å². The first kappa shape index (κ1) is 26.1. The summed E-state index contributed by atoms with van der Waals surface area (Å²) in [6.45, 7) is 0.189. The molecule has 3 N–H and O–H groups in total. The van der Waals surface area contributed by atoms with Crippen LogP contribution in [0.2, 0.25) is 0 Å². The largest absolute Gasteiger partial charge is 0.456 e. The monoisotopic (exact) mass is 502 g/mol. The third-order valence-electron chi connectivity index (χ3n) is 6.09. The smallest absolute Gasteiger partial charge is 0.251 e. The highest BCUT2D eigenvalue weighted by Gasteiger charge is 2.25. The summed E-state index contributed by atoms with van der Waals surface area (Å²) in [5, 5.41) is 13.3. The van der Waals surface area contributed by atoms with Crippen molar-refractivity contribution in [2.75, 3.05) is 20.5 Å². The maximum atomic E-state index is 13.1. The van der Waals surface area contributed by atoms with Gasteiger partial charge in [-0.15, -0.1) is 0 Å². The maximum Gasteiger partial charge on any atom is 0.251 e. The average molecular weight is 503 g/mol. The normalized spacial score (nSPS) is 12.7. The average Bonchev–Trinajstić information content (AvgIpc) is 3.37. The second-order valence-corrected chi connectivity index (χ2v) is 8.77. The van der Waals surface area contributed by atoms with E-state index in [-0.39, 0.29) is 25.7 Å². The van der Waals surface area contributed by atoms with Gasteiger partial charge in [-0.1, -0.05) is 60.7 Å². The Bertz CT molecular complexity index is 1270. The van der Waals surface area contributed by atoms with Crippen LogP contribution in [0, 0.1) is 5.92 Å². The summed E-state index contributed by atoms with van der Waals surface area (Å²) < 4.78 is 16.4. The maximum absolute atomic E-state index is 13.1. The number of furan rings is 1. The summed E-state index contributed by atoms with van der Waals surface area (Å²) in [7, 11) is 1.51. The van der Waals surface area contributed by atoms with Crippen LogP contribution in [-0.2, 0) is 20.7 Å². The molecule has 0 spiro atoms. The number of methoxy groups -OCH3 is 1. The first-order chi connectivity index (χ1) is 18.1. The van der Waals surface area contributed by atoms with Crippen molar-refractivity contribution in [3.8, 4) is 11.3 Å². The summed E-state index contributed by atoms with van der Waals surface area (Å²) in [6, 6.07) is 25.9. The minimum absolute atomic E-state index is 0.0497. The molecule has 0 aliphatic carbocycles. The number of rotatable bonds is 12. The Hall–Kier alpha value is -3.98. The highest BCUT2D eigenvalue weighted by Crippen LogP contribution is 2.28.